The number of aromatic nitrogens is 1. The van der Waals surface area contributed by atoms with E-state index in [1.54, 1.807) is 40.0 Å². The summed E-state index contributed by atoms with van der Waals surface area (Å²) >= 11 is 3.48. The van der Waals surface area contributed by atoms with Crippen LogP contribution in [-0.2, 0) is 16.0 Å². The summed E-state index contributed by atoms with van der Waals surface area (Å²) in [5.41, 5.74) is 0.429. The van der Waals surface area contributed by atoms with Crippen LogP contribution in [0.25, 0.3) is 0 Å². The predicted octanol–water partition coefficient (Wildman–Crippen LogP) is 4.03. The van der Waals surface area contributed by atoms with Gasteiger partial charge < -0.3 is 9.47 Å². The Balaban J connectivity index is 2.14. The fourth-order valence-corrected chi connectivity index (χ4v) is 3.24. The number of allylic oxidation sites excluding steroid dienone is 2. The lowest BCUT2D eigenvalue weighted by molar-refractivity contribution is -0.120. The Morgan fingerprint density at radius 1 is 1.38 bits per heavy atom. The van der Waals surface area contributed by atoms with E-state index in [1.165, 1.54) is 0 Å². The summed E-state index contributed by atoms with van der Waals surface area (Å²) in [5.74, 6) is 0.287. The average molecular weight is 425 g/mol. The van der Waals surface area contributed by atoms with Crippen LogP contribution in [0.1, 0.15) is 39.8 Å². The number of Topliss-reactive ketones (excluding diaryl/α,β-unsaturated/α-hetero) is 1. The molecule has 1 heterocycles. The second-order valence-electron chi connectivity index (χ2n) is 7.47. The van der Waals surface area contributed by atoms with E-state index in [-0.39, 0.29) is 17.6 Å². The number of ether oxygens (including phenoxy) is 2. The van der Waals surface area contributed by atoms with Gasteiger partial charge in [0.1, 0.15) is 5.60 Å². The molecule has 0 aliphatic heterocycles. The number of hydrogen-bond acceptors (Lipinski definition) is 5. The van der Waals surface area contributed by atoms with E-state index in [4.69, 9.17) is 9.47 Å². The highest BCUT2D eigenvalue weighted by Gasteiger charge is 2.31. The van der Waals surface area contributed by atoms with Crippen molar-refractivity contribution in [3.8, 4) is 5.88 Å². The highest BCUT2D eigenvalue weighted by atomic mass is 79.9. The number of nitrogens with one attached hydrogen (secondary N) is 1. The van der Waals surface area contributed by atoms with Gasteiger partial charge in [0.15, 0.2) is 5.78 Å². The number of amides is 1. The van der Waals surface area contributed by atoms with E-state index in [0.29, 0.717) is 24.4 Å². The van der Waals surface area contributed by atoms with Crippen molar-refractivity contribution in [1.29, 1.82) is 0 Å². The normalized spacial score (nSPS) is 20.4. The molecule has 1 aliphatic rings. The number of alkyl carbamates (subject to hydrolysis) is 1. The predicted molar refractivity (Wildman–Crippen MR) is 102 cm³/mol. The summed E-state index contributed by atoms with van der Waals surface area (Å²) in [7, 11) is 1.56. The lowest BCUT2D eigenvalue weighted by atomic mass is 9.82. The first-order valence-corrected chi connectivity index (χ1v) is 9.34. The molecule has 1 N–H and O–H groups in total. The molecule has 1 aromatic rings. The molecule has 1 aliphatic carbocycles. The van der Waals surface area contributed by atoms with Crippen LogP contribution in [-0.4, -0.2) is 29.6 Å². The van der Waals surface area contributed by atoms with Crippen molar-refractivity contribution in [2.75, 3.05) is 7.11 Å². The number of pyridine rings is 1. The minimum atomic E-state index is -0.622. The molecule has 0 saturated heterocycles. The number of carbonyl (C=O) groups excluding carboxylic acids is 2. The van der Waals surface area contributed by atoms with Crippen LogP contribution in [0.2, 0.25) is 0 Å². The van der Waals surface area contributed by atoms with Gasteiger partial charge in [-0.15, -0.1) is 0 Å². The third kappa shape index (κ3) is 5.56. The Morgan fingerprint density at radius 3 is 2.69 bits per heavy atom. The Bertz CT molecular complexity index is 725. The minimum Gasteiger partial charge on any atom is -0.481 e. The number of hydrogen-bond donors (Lipinski definition) is 1. The van der Waals surface area contributed by atoms with Gasteiger partial charge in [0, 0.05) is 22.9 Å². The van der Waals surface area contributed by atoms with Gasteiger partial charge in [0.2, 0.25) is 5.88 Å². The molecule has 6 nitrogen and oxygen atoms in total. The Kier molecular flexibility index (Phi) is 6.44. The fourth-order valence-electron chi connectivity index (χ4n) is 2.86. The zero-order chi connectivity index (χ0) is 19.5. The first-order valence-electron chi connectivity index (χ1n) is 8.54. The topological polar surface area (TPSA) is 77.5 Å². The summed E-state index contributed by atoms with van der Waals surface area (Å²) in [4.78, 5) is 29.3. The molecule has 0 bridgehead atoms. The van der Waals surface area contributed by atoms with Crippen molar-refractivity contribution >= 4 is 27.8 Å². The number of nitrogens with zero attached hydrogens (tertiary/aromatic N) is 1. The van der Waals surface area contributed by atoms with Gasteiger partial charge in [-0.2, -0.15) is 0 Å². The average Bonchev–Trinajstić information content (AvgIpc) is 2.52. The van der Waals surface area contributed by atoms with Crippen LogP contribution < -0.4 is 10.1 Å². The fraction of sp³-hybridized carbons (Fsp3) is 0.526. The lowest BCUT2D eigenvalue weighted by Crippen LogP contribution is -2.38. The third-order valence-electron chi connectivity index (χ3n) is 3.92. The zero-order valence-electron chi connectivity index (χ0n) is 15.8. The molecular formula is C19H25BrN2O4. The molecule has 26 heavy (non-hydrogen) atoms. The molecule has 7 heteroatoms. The van der Waals surface area contributed by atoms with Crippen LogP contribution in [0.4, 0.5) is 4.79 Å². The highest BCUT2D eigenvalue weighted by molar-refractivity contribution is 9.10. The van der Waals surface area contributed by atoms with Crippen LogP contribution >= 0.6 is 15.9 Å². The largest absolute Gasteiger partial charge is 0.481 e. The van der Waals surface area contributed by atoms with Crippen LogP contribution in [0.15, 0.2) is 28.4 Å². The smallest absolute Gasteiger partial charge is 0.412 e. The maximum Gasteiger partial charge on any atom is 0.412 e. The molecule has 0 radical (unpaired) electrons. The quantitative estimate of drug-likeness (QED) is 0.788. The van der Waals surface area contributed by atoms with E-state index >= 15 is 0 Å². The number of halogens is 1. The maximum atomic E-state index is 12.8. The van der Waals surface area contributed by atoms with Crippen molar-refractivity contribution in [2.45, 2.75) is 46.1 Å². The van der Waals surface area contributed by atoms with Gasteiger partial charge in [0.25, 0.3) is 0 Å². The Labute approximate surface area is 162 Å². The van der Waals surface area contributed by atoms with E-state index in [1.807, 2.05) is 13.0 Å². The van der Waals surface area contributed by atoms with Crippen molar-refractivity contribution in [1.82, 2.24) is 10.3 Å². The molecule has 0 unspecified atom stereocenters. The molecule has 142 valence electrons. The van der Waals surface area contributed by atoms with E-state index in [9.17, 15) is 9.59 Å². The highest BCUT2D eigenvalue weighted by Crippen LogP contribution is 2.29. The number of methoxy groups -OCH3 is 1. The molecule has 0 spiro atoms. The van der Waals surface area contributed by atoms with Gasteiger partial charge in [-0.1, -0.05) is 13.0 Å². The monoisotopic (exact) mass is 424 g/mol. The third-order valence-corrected chi connectivity index (χ3v) is 4.64. The standard InChI is InChI=1S/C19H25BrN2O4/c1-11-8-12(10-14-13(20)6-7-16(21-14)25-5)17(23)15(9-11)22-18(24)26-19(2,3)4/h6-7,9,11-12H,8,10H2,1-5H3,(H,22,24)/t11-,12+/m1/s1. The molecule has 2 rings (SSSR count). The van der Waals surface area contributed by atoms with Crippen LogP contribution in [0.5, 0.6) is 5.88 Å². The molecule has 0 saturated carbocycles. The van der Waals surface area contributed by atoms with Gasteiger partial charge in [-0.25, -0.2) is 9.78 Å². The van der Waals surface area contributed by atoms with E-state index < -0.39 is 11.7 Å². The molecule has 1 aromatic heterocycles. The van der Waals surface area contributed by atoms with Gasteiger partial charge in [0.05, 0.1) is 18.5 Å². The van der Waals surface area contributed by atoms with Crippen molar-refractivity contribution in [2.24, 2.45) is 11.8 Å². The van der Waals surface area contributed by atoms with Crippen molar-refractivity contribution in [3.63, 3.8) is 0 Å². The molecule has 1 amide bonds. The van der Waals surface area contributed by atoms with Gasteiger partial charge in [-0.3, -0.25) is 10.1 Å². The van der Waals surface area contributed by atoms with Crippen molar-refractivity contribution < 1.29 is 19.1 Å². The molecule has 0 aromatic carbocycles. The summed E-state index contributed by atoms with van der Waals surface area (Å²) in [6.07, 6.45) is 2.33. The second-order valence-corrected chi connectivity index (χ2v) is 8.32. The SMILES string of the molecule is COc1ccc(Br)c(C[C@@H]2C[C@@H](C)C=C(NC(=O)OC(C)(C)C)C2=O)n1. The number of carbonyl (C=O) groups is 2. The van der Waals surface area contributed by atoms with Crippen LogP contribution in [0.3, 0.4) is 0 Å². The Morgan fingerprint density at radius 2 is 2.08 bits per heavy atom. The first-order chi connectivity index (χ1) is 12.1. The summed E-state index contributed by atoms with van der Waals surface area (Å²) in [6.45, 7) is 7.35. The molecular weight excluding hydrogens is 400 g/mol. The first kappa shape index (κ1) is 20.4. The summed E-state index contributed by atoms with van der Waals surface area (Å²) < 4.78 is 11.2. The molecule has 2 atom stereocenters. The molecule has 0 fully saturated rings. The van der Waals surface area contributed by atoms with Gasteiger partial charge in [-0.05, 0) is 55.1 Å². The summed E-state index contributed by atoms with van der Waals surface area (Å²) in [5, 5.41) is 2.60. The van der Waals surface area contributed by atoms with E-state index in [0.717, 1.165) is 10.2 Å². The second kappa shape index (κ2) is 8.20. The van der Waals surface area contributed by atoms with Crippen LogP contribution in [0, 0.1) is 11.8 Å². The number of ketones is 1. The number of rotatable bonds is 4. The van der Waals surface area contributed by atoms with E-state index in [2.05, 4.69) is 26.2 Å². The summed E-state index contributed by atoms with van der Waals surface area (Å²) in [6, 6.07) is 3.61. The van der Waals surface area contributed by atoms with Gasteiger partial charge >= 0.3 is 6.09 Å². The maximum absolute atomic E-state index is 12.8. The van der Waals surface area contributed by atoms with Crippen molar-refractivity contribution in [3.05, 3.63) is 34.1 Å². The zero-order valence-corrected chi connectivity index (χ0v) is 17.3. The lowest BCUT2D eigenvalue weighted by Gasteiger charge is -2.27. The minimum absolute atomic E-state index is 0.106. The Hall–Kier alpha value is -1.89.